The fourth-order valence-electron chi connectivity index (χ4n) is 2.89. The highest BCUT2D eigenvalue weighted by atomic mass is 16.6. The van der Waals surface area contributed by atoms with Crippen molar-refractivity contribution in [2.45, 2.75) is 38.7 Å². The Hall–Kier alpha value is -2.31. The highest BCUT2D eigenvalue weighted by molar-refractivity contribution is 5.74. The summed E-state index contributed by atoms with van der Waals surface area (Å²) < 4.78 is 6.76. The molecule has 2 heterocycles. The fraction of sp³-hybridized carbons (Fsp3) is 0.588. The number of ether oxygens (including phenoxy) is 1. The molecule has 2 atom stereocenters. The molecule has 1 aliphatic rings. The lowest BCUT2D eigenvalue weighted by Gasteiger charge is -2.37. The molecule has 1 saturated heterocycles. The average Bonchev–Trinajstić information content (AvgIpc) is 2.47. The molecule has 24 heavy (non-hydrogen) atoms. The maximum atomic E-state index is 12.2. The van der Waals surface area contributed by atoms with Crippen LogP contribution in [0.5, 0.6) is 0 Å². The van der Waals surface area contributed by atoms with Crippen LogP contribution in [0.2, 0.25) is 0 Å². The SMILES string of the molecule is Cn1ccc([C@@H]2CCN(C(=O)OC(C)(C)C)C[C@H]2C(=O)O)cc1=O. The predicted molar refractivity (Wildman–Crippen MR) is 88.0 cm³/mol. The van der Waals surface area contributed by atoms with Crippen LogP contribution in [0.15, 0.2) is 23.1 Å². The number of rotatable bonds is 2. The number of aryl methyl sites for hydroxylation is 1. The summed E-state index contributed by atoms with van der Waals surface area (Å²) >= 11 is 0. The molecule has 0 radical (unpaired) electrons. The van der Waals surface area contributed by atoms with Gasteiger partial charge in [0.1, 0.15) is 5.60 Å². The summed E-state index contributed by atoms with van der Waals surface area (Å²) in [5, 5.41) is 9.56. The molecule has 0 spiro atoms. The third kappa shape index (κ3) is 4.15. The van der Waals surface area contributed by atoms with Gasteiger partial charge in [-0.05, 0) is 38.8 Å². The Bertz CT molecular complexity index is 689. The van der Waals surface area contributed by atoms with E-state index in [4.69, 9.17) is 4.74 Å². The van der Waals surface area contributed by atoms with Crippen LogP contribution >= 0.6 is 0 Å². The number of pyridine rings is 1. The van der Waals surface area contributed by atoms with Gasteiger partial charge in [-0.25, -0.2) is 4.79 Å². The molecule has 2 rings (SSSR count). The summed E-state index contributed by atoms with van der Waals surface area (Å²) in [6.07, 6.45) is 1.61. The largest absolute Gasteiger partial charge is 0.481 e. The second-order valence-electron chi connectivity index (χ2n) is 7.18. The van der Waals surface area contributed by atoms with Gasteiger partial charge in [0.15, 0.2) is 0 Å². The third-order valence-electron chi connectivity index (χ3n) is 4.14. The van der Waals surface area contributed by atoms with Gasteiger partial charge in [-0.15, -0.1) is 0 Å². The van der Waals surface area contributed by atoms with E-state index in [1.807, 2.05) is 0 Å². The Labute approximate surface area is 140 Å². The molecule has 132 valence electrons. The Morgan fingerprint density at radius 2 is 2.00 bits per heavy atom. The molecule has 7 nitrogen and oxygen atoms in total. The molecular formula is C17H24N2O5. The first kappa shape index (κ1) is 18.0. The molecule has 1 aliphatic heterocycles. The first-order valence-corrected chi connectivity index (χ1v) is 7.96. The zero-order valence-corrected chi connectivity index (χ0v) is 14.5. The molecule has 1 aromatic rings. The van der Waals surface area contributed by atoms with Crippen LogP contribution in [-0.4, -0.2) is 45.3 Å². The number of nitrogens with zero attached hydrogens (tertiary/aromatic N) is 2. The standard InChI is InChI=1S/C17H24N2O5/c1-17(2,3)24-16(23)19-8-6-12(13(10-19)15(21)22)11-5-7-18(4)14(20)9-11/h5,7,9,12-13H,6,8,10H2,1-4H3,(H,21,22)/t12-,13+/m0/s1. The van der Waals surface area contributed by atoms with Gasteiger partial charge in [0.25, 0.3) is 5.56 Å². The minimum absolute atomic E-state index is 0.0735. The lowest BCUT2D eigenvalue weighted by atomic mass is 9.81. The lowest BCUT2D eigenvalue weighted by Crippen LogP contribution is -2.47. The van der Waals surface area contributed by atoms with Gasteiger partial charge in [-0.1, -0.05) is 0 Å². The van der Waals surface area contributed by atoms with E-state index in [2.05, 4.69) is 0 Å². The molecule has 0 saturated carbocycles. The van der Waals surface area contributed by atoms with Crippen LogP contribution in [-0.2, 0) is 16.6 Å². The van der Waals surface area contributed by atoms with Crippen LogP contribution < -0.4 is 5.56 Å². The zero-order chi connectivity index (χ0) is 18.1. The van der Waals surface area contributed by atoms with Crippen LogP contribution in [0.1, 0.15) is 38.7 Å². The van der Waals surface area contributed by atoms with E-state index in [0.29, 0.717) is 18.5 Å². The number of carboxylic acid groups (broad SMARTS) is 1. The van der Waals surface area contributed by atoms with E-state index in [1.165, 1.54) is 15.5 Å². The summed E-state index contributed by atoms with van der Waals surface area (Å²) in [5.41, 5.74) is -0.0984. The maximum Gasteiger partial charge on any atom is 0.410 e. The second-order valence-corrected chi connectivity index (χ2v) is 7.18. The van der Waals surface area contributed by atoms with Crippen LogP contribution in [0.3, 0.4) is 0 Å². The molecule has 0 aromatic carbocycles. The highest BCUT2D eigenvalue weighted by Crippen LogP contribution is 2.33. The summed E-state index contributed by atoms with van der Waals surface area (Å²) in [6.45, 7) is 5.78. The minimum Gasteiger partial charge on any atom is -0.481 e. The average molecular weight is 336 g/mol. The van der Waals surface area contributed by atoms with Crippen molar-refractivity contribution in [1.82, 2.24) is 9.47 Å². The molecule has 7 heteroatoms. The predicted octanol–water partition coefficient (Wildman–Crippen LogP) is 1.81. The number of carbonyl (C=O) groups excluding carboxylic acids is 1. The number of amides is 1. The first-order chi connectivity index (χ1) is 11.1. The minimum atomic E-state index is -0.978. The van der Waals surface area contributed by atoms with Crippen molar-refractivity contribution < 1.29 is 19.4 Å². The van der Waals surface area contributed by atoms with Crippen molar-refractivity contribution in [2.24, 2.45) is 13.0 Å². The summed E-state index contributed by atoms with van der Waals surface area (Å²) in [7, 11) is 1.64. The lowest BCUT2D eigenvalue weighted by molar-refractivity contribution is -0.144. The van der Waals surface area contributed by atoms with E-state index >= 15 is 0 Å². The topological polar surface area (TPSA) is 88.8 Å². The van der Waals surface area contributed by atoms with Crippen LogP contribution in [0.4, 0.5) is 4.79 Å². The van der Waals surface area contributed by atoms with Crippen LogP contribution in [0.25, 0.3) is 0 Å². The quantitative estimate of drug-likeness (QED) is 0.890. The van der Waals surface area contributed by atoms with Crippen molar-refractivity contribution in [3.05, 3.63) is 34.2 Å². The zero-order valence-electron chi connectivity index (χ0n) is 14.5. The Morgan fingerprint density at radius 3 is 2.54 bits per heavy atom. The first-order valence-electron chi connectivity index (χ1n) is 7.96. The van der Waals surface area contributed by atoms with Crippen molar-refractivity contribution in [3.63, 3.8) is 0 Å². The van der Waals surface area contributed by atoms with Gasteiger partial charge in [0.2, 0.25) is 0 Å². The maximum absolute atomic E-state index is 12.2. The Morgan fingerprint density at radius 1 is 1.33 bits per heavy atom. The molecule has 1 aromatic heterocycles. The molecule has 1 fully saturated rings. The third-order valence-corrected chi connectivity index (χ3v) is 4.14. The van der Waals surface area contributed by atoms with E-state index in [0.717, 1.165) is 0 Å². The van der Waals surface area contributed by atoms with Gasteiger partial charge in [-0.2, -0.15) is 0 Å². The summed E-state index contributed by atoms with van der Waals surface area (Å²) in [5.74, 6) is -2.04. The monoisotopic (exact) mass is 336 g/mol. The van der Waals surface area contributed by atoms with Gasteiger partial charge in [0.05, 0.1) is 5.92 Å². The number of hydrogen-bond donors (Lipinski definition) is 1. The number of piperidine rings is 1. The van der Waals surface area contributed by atoms with Crippen LogP contribution in [0, 0.1) is 5.92 Å². The second kappa shape index (κ2) is 6.67. The number of carboxylic acids is 1. The Kier molecular flexibility index (Phi) is 5.01. The number of carbonyl (C=O) groups is 2. The molecule has 1 amide bonds. The van der Waals surface area contributed by atoms with Crippen molar-refractivity contribution in [1.29, 1.82) is 0 Å². The van der Waals surface area contributed by atoms with Crippen molar-refractivity contribution in [3.8, 4) is 0 Å². The van der Waals surface area contributed by atoms with Gasteiger partial charge < -0.3 is 19.3 Å². The molecule has 1 N–H and O–H groups in total. The van der Waals surface area contributed by atoms with E-state index in [1.54, 1.807) is 40.1 Å². The van der Waals surface area contributed by atoms with Crippen molar-refractivity contribution in [2.75, 3.05) is 13.1 Å². The highest BCUT2D eigenvalue weighted by Gasteiger charge is 2.38. The fourth-order valence-corrected chi connectivity index (χ4v) is 2.89. The van der Waals surface area contributed by atoms with Gasteiger partial charge >= 0.3 is 12.1 Å². The number of hydrogen-bond acceptors (Lipinski definition) is 4. The molecule has 0 unspecified atom stereocenters. The summed E-state index contributed by atoms with van der Waals surface area (Å²) in [6, 6.07) is 3.24. The molecule has 0 aliphatic carbocycles. The van der Waals surface area contributed by atoms with E-state index in [-0.39, 0.29) is 18.0 Å². The summed E-state index contributed by atoms with van der Waals surface area (Å²) in [4.78, 5) is 37.1. The van der Waals surface area contributed by atoms with E-state index < -0.39 is 23.6 Å². The Balaban J connectivity index is 2.19. The number of likely N-dealkylation sites (tertiary alicyclic amines) is 1. The normalized spacial score (nSPS) is 21.4. The van der Waals surface area contributed by atoms with Gasteiger partial charge in [0, 0.05) is 38.3 Å². The number of aromatic nitrogens is 1. The van der Waals surface area contributed by atoms with E-state index in [9.17, 15) is 19.5 Å². The molecular weight excluding hydrogens is 312 g/mol. The smallest absolute Gasteiger partial charge is 0.410 e. The number of aliphatic carboxylic acids is 1. The molecule has 0 bridgehead atoms. The van der Waals surface area contributed by atoms with Gasteiger partial charge in [-0.3, -0.25) is 9.59 Å². The van der Waals surface area contributed by atoms with Crippen molar-refractivity contribution >= 4 is 12.1 Å².